The molecule has 0 bridgehead atoms. The average molecular weight is 459 g/mol. The topological polar surface area (TPSA) is 21.3 Å². The molecule has 25 heavy (non-hydrogen) atoms. The fourth-order valence-corrected chi connectivity index (χ4v) is 3.51. The Balaban J connectivity index is 0.00000225. The van der Waals surface area contributed by atoms with Gasteiger partial charge in [-0.25, -0.2) is 0 Å². The van der Waals surface area contributed by atoms with E-state index in [2.05, 4.69) is 44.8 Å². The summed E-state index contributed by atoms with van der Waals surface area (Å²) < 4.78 is 7.05. The molecule has 2 aromatic carbocycles. The molecule has 0 unspecified atom stereocenters. The molecule has 0 saturated heterocycles. The van der Waals surface area contributed by atoms with Gasteiger partial charge in [0.2, 0.25) is 0 Å². The van der Waals surface area contributed by atoms with Crippen molar-refractivity contribution in [2.45, 2.75) is 19.7 Å². The van der Waals surface area contributed by atoms with Crippen molar-refractivity contribution < 1.29 is 4.74 Å². The summed E-state index contributed by atoms with van der Waals surface area (Å²) in [5.74, 6) is 0.895. The van der Waals surface area contributed by atoms with E-state index in [1.165, 1.54) is 4.88 Å². The highest BCUT2D eigenvalue weighted by atomic mass is 79.9. The second kappa shape index (κ2) is 10.2. The summed E-state index contributed by atoms with van der Waals surface area (Å²) in [5.41, 5.74) is 2.23. The zero-order valence-electron chi connectivity index (χ0n) is 13.4. The van der Waals surface area contributed by atoms with Crippen LogP contribution >= 0.6 is 51.3 Å². The smallest absolute Gasteiger partial charge is 0.124 e. The second-order valence-electron chi connectivity index (χ2n) is 5.35. The number of thiophene rings is 1. The Kier molecular flexibility index (Phi) is 8.27. The van der Waals surface area contributed by atoms with Crippen molar-refractivity contribution in [3.8, 4) is 5.75 Å². The summed E-state index contributed by atoms with van der Waals surface area (Å²) in [5, 5.41) is 6.30. The van der Waals surface area contributed by atoms with Crippen LogP contribution in [0.2, 0.25) is 5.02 Å². The number of rotatable bonds is 7. The first-order chi connectivity index (χ1) is 11.7. The van der Waals surface area contributed by atoms with Gasteiger partial charge in [0.05, 0.1) is 0 Å². The van der Waals surface area contributed by atoms with E-state index >= 15 is 0 Å². The molecular formula is C19H18BrCl2NOS. The molecule has 0 atom stereocenters. The van der Waals surface area contributed by atoms with Gasteiger partial charge in [0.25, 0.3) is 0 Å². The van der Waals surface area contributed by atoms with Gasteiger partial charge in [0.1, 0.15) is 12.4 Å². The van der Waals surface area contributed by atoms with E-state index in [0.29, 0.717) is 6.61 Å². The fourth-order valence-electron chi connectivity index (χ4n) is 2.30. The van der Waals surface area contributed by atoms with Crippen LogP contribution in [0.4, 0.5) is 0 Å². The zero-order valence-corrected chi connectivity index (χ0v) is 17.4. The highest BCUT2D eigenvalue weighted by Crippen LogP contribution is 2.24. The van der Waals surface area contributed by atoms with Crippen molar-refractivity contribution >= 4 is 51.3 Å². The Bertz CT molecular complexity index is 779. The van der Waals surface area contributed by atoms with Crippen LogP contribution in [0.15, 0.2) is 64.5 Å². The first-order valence-electron chi connectivity index (χ1n) is 7.59. The van der Waals surface area contributed by atoms with Crippen molar-refractivity contribution in [1.82, 2.24) is 5.32 Å². The predicted molar refractivity (Wildman–Crippen MR) is 112 cm³/mol. The minimum Gasteiger partial charge on any atom is -0.489 e. The number of halogens is 3. The van der Waals surface area contributed by atoms with Gasteiger partial charge in [0.15, 0.2) is 0 Å². The molecule has 1 N–H and O–H groups in total. The minimum atomic E-state index is 0. The van der Waals surface area contributed by atoms with Crippen LogP contribution in [0, 0.1) is 0 Å². The third-order valence-electron chi connectivity index (χ3n) is 3.52. The van der Waals surface area contributed by atoms with Gasteiger partial charge in [-0.2, -0.15) is 0 Å². The lowest BCUT2D eigenvalue weighted by molar-refractivity contribution is 0.302. The number of benzene rings is 2. The van der Waals surface area contributed by atoms with Gasteiger partial charge >= 0.3 is 0 Å². The van der Waals surface area contributed by atoms with Gasteiger partial charge in [-0.1, -0.05) is 45.7 Å². The Morgan fingerprint density at radius 2 is 1.84 bits per heavy atom. The van der Waals surface area contributed by atoms with Crippen molar-refractivity contribution in [2.24, 2.45) is 0 Å². The molecule has 6 heteroatoms. The standard InChI is InChI=1S/C19H17BrClNOS.ClH/c20-16-5-8-19(23-13-14-3-6-17(21)7-4-14)15(10-16)11-22-12-18-2-1-9-24-18;/h1-10,22H,11-13H2;1H. The molecule has 0 aliphatic heterocycles. The molecule has 0 aliphatic carbocycles. The Morgan fingerprint density at radius 3 is 2.56 bits per heavy atom. The maximum Gasteiger partial charge on any atom is 0.124 e. The molecule has 0 fully saturated rings. The molecule has 1 heterocycles. The van der Waals surface area contributed by atoms with Gasteiger partial charge in [-0.15, -0.1) is 23.7 Å². The van der Waals surface area contributed by atoms with E-state index < -0.39 is 0 Å². The van der Waals surface area contributed by atoms with Crippen molar-refractivity contribution in [1.29, 1.82) is 0 Å². The van der Waals surface area contributed by atoms with Gasteiger partial charge in [-0.3, -0.25) is 0 Å². The summed E-state index contributed by atoms with van der Waals surface area (Å²) in [7, 11) is 0. The van der Waals surface area contributed by atoms with Gasteiger partial charge in [-0.05, 0) is 47.3 Å². The number of hydrogen-bond donors (Lipinski definition) is 1. The number of nitrogens with one attached hydrogen (secondary N) is 1. The van der Waals surface area contributed by atoms with Crippen molar-refractivity contribution in [2.75, 3.05) is 0 Å². The Morgan fingerprint density at radius 1 is 1.04 bits per heavy atom. The molecule has 3 aromatic rings. The van der Waals surface area contributed by atoms with Crippen LogP contribution in [0.25, 0.3) is 0 Å². The van der Waals surface area contributed by atoms with Crippen molar-refractivity contribution in [3.05, 3.63) is 85.5 Å². The van der Waals surface area contributed by atoms with E-state index in [-0.39, 0.29) is 12.4 Å². The lowest BCUT2D eigenvalue weighted by Crippen LogP contribution is -2.13. The first-order valence-corrected chi connectivity index (χ1v) is 9.64. The minimum absolute atomic E-state index is 0. The molecular weight excluding hydrogens is 441 g/mol. The van der Waals surface area contributed by atoms with E-state index in [0.717, 1.165) is 39.5 Å². The lowest BCUT2D eigenvalue weighted by atomic mass is 10.2. The molecule has 132 valence electrons. The quantitative estimate of drug-likeness (QED) is 0.438. The van der Waals surface area contributed by atoms with E-state index in [4.69, 9.17) is 16.3 Å². The van der Waals surface area contributed by atoms with Gasteiger partial charge < -0.3 is 10.1 Å². The molecule has 2 nitrogen and oxygen atoms in total. The van der Waals surface area contributed by atoms with Crippen LogP contribution < -0.4 is 10.1 Å². The SMILES string of the molecule is Cl.Clc1ccc(COc2ccc(Br)cc2CNCc2cccs2)cc1. The highest BCUT2D eigenvalue weighted by molar-refractivity contribution is 9.10. The molecule has 1 aromatic heterocycles. The predicted octanol–water partition coefficient (Wildman–Crippen LogP) is 6.45. The third-order valence-corrected chi connectivity index (χ3v) is 5.15. The first kappa shape index (κ1) is 20.3. The summed E-state index contributed by atoms with van der Waals surface area (Å²) in [4.78, 5) is 1.33. The monoisotopic (exact) mass is 457 g/mol. The van der Waals surface area contributed by atoms with Gasteiger partial charge in [0, 0.05) is 33.0 Å². The summed E-state index contributed by atoms with van der Waals surface area (Å²) in [6.45, 7) is 2.14. The van der Waals surface area contributed by atoms with Crippen LogP contribution in [0.5, 0.6) is 5.75 Å². The average Bonchev–Trinajstić information content (AvgIpc) is 3.09. The van der Waals surface area contributed by atoms with Crippen LogP contribution in [-0.2, 0) is 19.7 Å². The summed E-state index contributed by atoms with van der Waals surface area (Å²) >= 11 is 11.2. The number of ether oxygens (including phenoxy) is 1. The molecule has 0 saturated carbocycles. The number of hydrogen-bond acceptors (Lipinski definition) is 3. The fraction of sp³-hybridized carbons (Fsp3) is 0.158. The van der Waals surface area contributed by atoms with Crippen LogP contribution in [0.1, 0.15) is 16.0 Å². The lowest BCUT2D eigenvalue weighted by Gasteiger charge is -2.13. The zero-order chi connectivity index (χ0) is 16.8. The van der Waals surface area contributed by atoms with Crippen LogP contribution in [0.3, 0.4) is 0 Å². The maximum absolute atomic E-state index is 6.00. The molecule has 3 rings (SSSR count). The van der Waals surface area contributed by atoms with E-state index in [1.807, 2.05) is 36.4 Å². The maximum atomic E-state index is 6.00. The Hall–Kier alpha value is -1.04. The van der Waals surface area contributed by atoms with E-state index in [1.54, 1.807) is 11.3 Å². The largest absolute Gasteiger partial charge is 0.489 e. The second-order valence-corrected chi connectivity index (χ2v) is 7.73. The molecule has 0 radical (unpaired) electrons. The van der Waals surface area contributed by atoms with E-state index in [9.17, 15) is 0 Å². The summed E-state index contributed by atoms with van der Waals surface area (Å²) in [6.07, 6.45) is 0. The molecule has 0 amide bonds. The van der Waals surface area contributed by atoms with Crippen LogP contribution in [-0.4, -0.2) is 0 Å². The summed E-state index contributed by atoms with van der Waals surface area (Å²) in [6, 6.07) is 18.0. The molecule has 0 spiro atoms. The molecule has 0 aliphatic rings. The normalized spacial score (nSPS) is 10.3. The Labute approximate surface area is 171 Å². The highest BCUT2D eigenvalue weighted by Gasteiger charge is 2.06. The third kappa shape index (κ3) is 6.32. The van der Waals surface area contributed by atoms with Crippen molar-refractivity contribution in [3.63, 3.8) is 0 Å².